The SMILES string of the molecule is c1ccc(-c2nc(-n3c4cc5ccccc5cc4c4cccc(-c5ccc6c(c5)sc5ccccc56)c43)nc3c2sc2ccccc23)cc1. The maximum atomic E-state index is 5.47. The van der Waals surface area contributed by atoms with Crippen LogP contribution in [0.5, 0.6) is 0 Å². The fourth-order valence-electron chi connectivity index (χ4n) is 7.56. The predicted molar refractivity (Wildman–Crippen MR) is 211 cm³/mol. The van der Waals surface area contributed by atoms with Gasteiger partial charge in [0.05, 0.1) is 26.9 Å². The fraction of sp³-hybridized carbons (Fsp3) is 0. The number of para-hydroxylation sites is 1. The van der Waals surface area contributed by atoms with Crippen LogP contribution in [0.3, 0.4) is 0 Å². The van der Waals surface area contributed by atoms with Crippen molar-refractivity contribution in [1.82, 2.24) is 14.5 Å². The molecule has 4 heterocycles. The van der Waals surface area contributed by atoms with E-state index in [4.69, 9.17) is 9.97 Å². The second-order valence-corrected chi connectivity index (χ2v) is 14.7. The quantitative estimate of drug-likeness (QED) is 0.189. The molecule has 4 aromatic heterocycles. The van der Waals surface area contributed by atoms with Crippen molar-refractivity contribution in [3.05, 3.63) is 152 Å². The van der Waals surface area contributed by atoms with Gasteiger partial charge in [-0.2, -0.15) is 0 Å². The Kier molecular flexibility index (Phi) is 5.70. The highest BCUT2D eigenvalue weighted by atomic mass is 32.1. The summed E-state index contributed by atoms with van der Waals surface area (Å²) >= 11 is 3.62. The molecule has 3 nitrogen and oxygen atoms in total. The number of rotatable bonds is 3. The Morgan fingerprint density at radius 1 is 0.449 bits per heavy atom. The summed E-state index contributed by atoms with van der Waals surface area (Å²) in [6, 6.07) is 54.7. The van der Waals surface area contributed by atoms with Gasteiger partial charge in [0, 0.05) is 52.2 Å². The molecule has 11 rings (SSSR count). The van der Waals surface area contributed by atoms with Crippen molar-refractivity contribution in [2.24, 2.45) is 0 Å². The second kappa shape index (κ2) is 10.3. The largest absolute Gasteiger partial charge is 0.277 e. The third-order valence-corrected chi connectivity index (χ3v) is 12.1. The molecule has 0 fully saturated rings. The summed E-state index contributed by atoms with van der Waals surface area (Å²) in [5.74, 6) is 0.681. The molecule has 228 valence electrons. The van der Waals surface area contributed by atoms with Crippen molar-refractivity contribution in [1.29, 1.82) is 0 Å². The highest BCUT2D eigenvalue weighted by Crippen LogP contribution is 2.44. The lowest BCUT2D eigenvalue weighted by Gasteiger charge is -2.13. The molecule has 5 heteroatoms. The number of nitrogens with zero attached hydrogens (tertiary/aromatic N) is 3. The van der Waals surface area contributed by atoms with Gasteiger partial charge in [0.15, 0.2) is 0 Å². The summed E-state index contributed by atoms with van der Waals surface area (Å²) in [4.78, 5) is 10.9. The average Bonchev–Trinajstić information content (AvgIpc) is 3.83. The molecule has 0 radical (unpaired) electrons. The minimum Gasteiger partial charge on any atom is -0.277 e. The lowest BCUT2D eigenvalue weighted by atomic mass is 10.00. The van der Waals surface area contributed by atoms with Gasteiger partial charge in [0.2, 0.25) is 5.95 Å². The molecular formula is C44H25N3S2. The van der Waals surface area contributed by atoms with E-state index in [1.807, 2.05) is 11.3 Å². The molecule has 0 amide bonds. The Bertz CT molecular complexity index is 3110. The van der Waals surface area contributed by atoms with Crippen LogP contribution in [0, 0.1) is 0 Å². The summed E-state index contributed by atoms with van der Waals surface area (Å²) in [5.41, 5.74) is 7.60. The molecule has 0 N–H and O–H groups in total. The summed E-state index contributed by atoms with van der Waals surface area (Å²) in [6.45, 7) is 0. The minimum absolute atomic E-state index is 0.681. The first-order valence-corrected chi connectivity index (χ1v) is 18.0. The maximum Gasteiger partial charge on any atom is 0.235 e. The lowest BCUT2D eigenvalue weighted by Crippen LogP contribution is -2.03. The van der Waals surface area contributed by atoms with Crippen LogP contribution in [0.4, 0.5) is 0 Å². The van der Waals surface area contributed by atoms with Crippen LogP contribution < -0.4 is 0 Å². The number of hydrogen-bond donors (Lipinski definition) is 0. The molecule has 0 spiro atoms. The van der Waals surface area contributed by atoms with Crippen molar-refractivity contribution in [2.75, 3.05) is 0 Å². The number of fused-ring (bicyclic) bond motifs is 10. The third-order valence-electron chi connectivity index (χ3n) is 9.80. The fourth-order valence-corrected chi connectivity index (χ4v) is 9.86. The smallest absolute Gasteiger partial charge is 0.235 e. The van der Waals surface area contributed by atoms with Crippen LogP contribution in [0.1, 0.15) is 0 Å². The Labute approximate surface area is 289 Å². The zero-order chi connectivity index (χ0) is 32.1. The van der Waals surface area contributed by atoms with E-state index in [1.165, 1.54) is 52.0 Å². The van der Waals surface area contributed by atoms with E-state index < -0.39 is 0 Å². The Morgan fingerprint density at radius 3 is 2.00 bits per heavy atom. The average molecular weight is 660 g/mol. The van der Waals surface area contributed by atoms with Gasteiger partial charge in [-0.25, -0.2) is 9.97 Å². The van der Waals surface area contributed by atoms with E-state index in [0.29, 0.717) is 5.95 Å². The Hall–Kier alpha value is -5.88. The topological polar surface area (TPSA) is 30.7 Å². The van der Waals surface area contributed by atoms with E-state index in [0.717, 1.165) is 43.5 Å². The molecule has 0 atom stereocenters. The number of benzene rings is 7. The van der Waals surface area contributed by atoms with Gasteiger partial charge in [-0.1, -0.05) is 121 Å². The molecule has 49 heavy (non-hydrogen) atoms. The van der Waals surface area contributed by atoms with Gasteiger partial charge in [0.25, 0.3) is 0 Å². The first kappa shape index (κ1) is 27.1. The zero-order valence-corrected chi connectivity index (χ0v) is 27.7. The monoisotopic (exact) mass is 659 g/mol. The van der Waals surface area contributed by atoms with Crippen molar-refractivity contribution in [2.45, 2.75) is 0 Å². The first-order chi connectivity index (χ1) is 24.3. The van der Waals surface area contributed by atoms with Crippen molar-refractivity contribution < 1.29 is 0 Å². The minimum atomic E-state index is 0.681. The molecule has 0 aliphatic rings. The summed E-state index contributed by atoms with van der Waals surface area (Å²) < 4.78 is 7.24. The molecule has 11 aromatic rings. The van der Waals surface area contributed by atoms with Gasteiger partial charge in [0.1, 0.15) is 0 Å². The summed E-state index contributed by atoms with van der Waals surface area (Å²) in [6.07, 6.45) is 0. The molecule has 0 saturated carbocycles. The van der Waals surface area contributed by atoms with Crippen LogP contribution in [-0.2, 0) is 0 Å². The van der Waals surface area contributed by atoms with Crippen LogP contribution >= 0.6 is 22.7 Å². The van der Waals surface area contributed by atoms with Crippen molar-refractivity contribution >= 4 is 95.7 Å². The number of aromatic nitrogens is 3. The second-order valence-electron chi connectivity index (χ2n) is 12.6. The van der Waals surface area contributed by atoms with E-state index in [2.05, 4.69) is 156 Å². The van der Waals surface area contributed by atoms with Gasteiger partial charge in [-0.3, -0.25) is 4.57 Å². The van der Waals surface area contributed by atoms with Gasteiger partial charge < -0.3 is 0 Å². The van der Waals surface area contributed by atoms with E-state index in [1.54, 1.807) is 11.3 Å². The predicted octanol–water partition coefficient (Wildman–Crippen LogP) is 12.8. The van der Waals surface area contributed by atoms with Gasteiger partial charge in [-0.15, -0.1) is 22.7 Å². The van der Waals surface area contributed by atoms with E-state index in [-0.39, 0.29) is 0 Å². The highest BCUT2D eigenvalue weighted by Gasteiger charge is 2.22. The third kappa shape index (κ3) is 4.00. The molecule has 0 aliphatic carbocycles. The summed E-state index contributed by atoms with van der Waals surface area (Å²) in [7, 11) is 0. The highest BCUT2D eigenvalue weighted by molar-refractivity contribution is 7.26. The lowest BCUT2D eigenvalue weighted by molar-refractivity contribution is 1.02. The van der Waals surface area contributed by atoms with E-state index in [9.17, 15) is 0 Å². The molecule has 0 saturated heterocycles. The van der Waals surface area contributed by atoms with Crippen LogP contribution in [0.15, 0.2) is 152 Å². The van der Waals surface area contributed by atoms with Crippen molar-refractivity contribution in [3.8, 4) is 28.3 Å². The number of hydrogen-bond acceptors (Lipinski definition) is 4. The summed E-state index contributed by atoms with van der Waals surface area (Å²) in [5, 5.41) is 8.56. The normalized spacial score (nSPS) is 12.1. The molecule has 0 bridgehead atoms. The zero-order valence-electron chi connectivity index (χ0n) is 26.1. The molecule has 0 aliphatic heterocycles. The standard InChI is InChI=1S/C44H25N3S2/c1-2-11-26(12-3-1)40-43-41(34-16-7-9-20-38(34)49-43)46-44(45-40)47-36-24-28-14-5-4-13-27(28)23-35(36)33-18-10-17-30(42(33)47)29-21-22-32-31-15-6-8-19-37(31)48-39(32)25-29/h1-25H. The molecule has 0 unspecified atom stereocenters. The van der Waals surface area contributed by atoms with E-state index >= 15 is 0 Å². The number of thiophene rings is 2. The van der Waals surface area contributed by atoms with Crippen LogP contribution in [-0.4, -0.2) is 14.5 Å². The first-order valence-electron chi connectivity index (χ1n) is 16.4. The molecule has 7 aromatic carbocycles. The van der Waals surface area contributed by atoms with Gasteiger partial charge >= 0.3 is 0 Å². The Morgan fingerprint density at radius 2 is 1.14 bits per heavy atom. The Balaban J connectivity index is 1.29. The van der Waals surface area contributed by atoms with Crippen LogP contribution in [0.2, 0.25) is 0 Å². The van der Waals surface area contributed by atoms with Crippen molar-refractivity contribution in [3.63, 3.8) is 0 Å². The molecular weight excluding hydrogens is 635 g/mol. The van der Waals surface area contributed by atoms with Gasteiger partial charge in [-0.05, 0) is 46.7 Å². The maximum absolute atomic E-state index is 5.47. The van der Waals surface area contributed by atoms with Crippen LogP contribution in [0.25, 0.3) is 101 Å².